The van der Waals surface area contributed by atoms with Gasteiger partial charge in [0, 0.05) is 17.8 Å². The van der Waals surface area contributed by atoms with Crippen LogP contribution in [0.15, 0.2) is 30.5 Å². The molecule has 1 aromatic heterocycles. The molecule has 0 atom stereocenters. The van der Waals surface area contributed by atoms with Gasteiger partial charge in [0.25, 0.3) is 5.91 Å². The van der Waals surface area contributed by atoms with Gasteiger partial charge in [0.15, 0.2) is 11.6 Å². The molecule has 21 heavy (non-hydrogen) atoms. The Kier molecular flexibility index (Phi) is 4.70. The molecule has 2 aromatic rings. The van der Waals surface area contributed by atoms with Crippen molar-refractivity contribution in [3.8, 4) is 0 Å². The largest absolute Gasteiger partial charge is 0.368 e. The molecule has 0 radical (unpaired) electrons. The number of aromatic nitrogens is 1. The Morgan fingerprint density at radius 2 is 2.10 bits per heavy atom. The summed E-state index contributed by atoms with van der Waals surface area (Å²) in [5.74, 6) is -2.26. The quantitative estimate of drug-likeness (QED) is 0.905. The van der Waals surface area contributed by atoms with Crippen LogP contribution in [0.25, 0.3) is 0 Å². The van der Waals surface area contributed by atoms with E-state index in [9.17, 15) is 13.6 Å². The zero-order valence-corrected chi connectivity index (χ0v) is 11.8. The third-order valence-electron chi connectivity index (χ3n) is 2.65. The standard InChI is InChI=1S/C14H12ClF2N3O/c1-2-18-13-12(17)9(5-6-19-13)14(21)20-11-7-8(15)3-4-10(11)16/h3-7H,2H2,1H3,(H,18,19)(H,20,21). The van der Waals surface area contributed by atoms with Gasteiger partial charge >= 0.3 is 0 Å². The number of carbonyl (C=O) groups is 1. The molecule has 0 saturated heterocycles. The molecule has 2 rings (SSSR count). The molecule has 0 aliphatic heterocycles. The fourth-order valence-corrected chi connectivity index (χ4v) is 1.86. The molecule has 110 valence electrons. The number of hydrogen-bond donors (Lipinski definition) is 2. The molecule has 1 aromatic carbocycles. The fourth-order valence-electron chi connectivity index (χ4n) is 1.69. The van der Waals surface area contributed by atoms with E-state index in [4.69, 9.17) is 11.6 Å². The lowest BCUT2D eigenvalue weighted by molar-refractivity contribution is 0.102. The third kappa shape index (κ3) is 3.46. The van der Waals surface area contributed by atoms with Crippen molar-refractivity contribution < 1.29 is 13.6 Å². The van der Waals surface area contributed by atoms with Gasteiger partial charge in [0.1, 0.15) is 5.82 Å². The van der Waals surface area contributed by atoms with Crippen molar-refractivity contribution in [3.05, 3.63) is 52.7 Å². The van der Waals surface area contributed by atoms with Gasteiger partial charge in [-0.25, -0.2) is 13.8 Å². The zero-order chi connectivity index (χ0) is 15.4. The average molecular weight is 312 g/mol. The number of nitrogens with one attached hydrogen (secondary N) is 2. The monoisotopic (exact) mass is 311 g/mol. The topological polar surface area (TPSA) is 54.0 Å². The molecule has 0 bridgehead atoms. The van der Waals surface area contributed by atoms with Crippen LogP contribution in [0.3, 0.4) is 0 Å². The van der Waals surface area contributed by atoms with Gasteiger partial charge in [0.2, 0.25) is 0 Å². The summed E-state index contributed by atoms with van der Waals surface area (Å²) in [5.41, 5.74) is -0.353. The molecule has 4 nitrogen and oxygen atoms in total. The highest BCUT2D eigenvalue weighted by Gasteiger charge is 2.17. The Morgan fingerprint density at radius 1 is 1.33 bits per heavy atom. The van der Waals surface area contributed by atoms with Crippen molar-refractivity contribution in [2.75, 3.05) is 17.2 Å². The first-order valence-corrected chi connectivity index (χ1v) is 6.55. The second-order valence-corrected chi connectivity index (χ2v) is 4.57. The molecule has 0 spiro atoms. The zero-order valence-electron chi connectivity index (χ0n) is 11.1. The highest BCUT2D eigenvalue weighted by molar-refractivity contribution is 6.31. The number of nitrogens with zero attached hydrogens (tertiary/aromatic N) is 1. The van der Waals surface area contributed by atoms with Crippen molar-refractivity contribution in [1.29, 1.82) is 0 Å². The van der Waals surface area contributed by atoms with Crippen LogP contribution in [-0.2, 0) is 0 Å². The summed E-state index contributed by atoms with van der Waals surface area (Å²) < 4.78 is 27.6. The van der Waals surface area contributed by atoms with E-state index >= 15 is 0 Å². The first kappa shape index (κ1) is 15.2. The van der Waals surface area contributed by atoms with E-state index in [1.807, 2.05) is 0 Å². The van der Waals surface area contributed by atoms with Crippen LogP contribution in [0.4, 0.5) is 20.3 Å². The third-order valence-corrected chi connectivity index (χ3v) is 2.89. The number of hydrogen-bond acceptors (Lipinski definition) is 3. The Labute approximate surface area is 125 Å². The van der Waals surface area contributed by atoms with Gasteiger partial charge < -0.3 is 10.6 Å². The summed E-state index contributed by atoms with van der Waals surface area (Å²) in [6.07, 6.45) is 1.30. The predicted octanol–water partition coefficient (Wildman–Crippen LogP) is 3.70. The van der Waals surface area contributed by atoms with Gasteiger partial charge in [-0.2, -0.15) is 0 Å². The van der Waals surface area contributed by atoms with E-state index < -0.39 is 17.5 Å². The summed E-state index contributed by atoms with van der Waals surface area (Å²) in [4.78, 5) is 15.8. The van der Waals surface area contributed by atoms with Gasteiger partial charge in [-0.3, -0.25) is 4.79 Å². The molecule has 1 heterocycles. The van der Waals surface area contributed by atoms with E-state index in [2.05, 4.69) is 15.6 Å². The smallest absolute Gasteiger partial charge is 0.258 e. The maximum Gasteiger partial charge on any atom is 0.258 e. The van der Waals surface area contributed by atoms with Gasteiger partial charge in [-0.1, -0.05) is 11.6 Å². The van der Waals surface area contributed by atoms with Crippen LogP contribution in [0, 0.1) is 11.6 Å². The highest BCUT2D eigenvalue weighted by atomic mass is 35.5. The minimum absolute atomic E-state index is 0.0308. The Hall–Kier alpha value is -2.21. The highest BCUT2D eigenvalue weighted by Crippen LogP contribution is 2.21. The number of rotatable bonds is 4. The van der Waals surface area contributed by atoms with Gasteiger partial charge in [0.05, 0.1) is 11.3 Å². The molecule has 0 unspecified atom stereocenters. The Balaban J connectivity index is 2.28. The van der Waals surface area contributed by atoms with E-state index in [-0.39, 0.29) is 22.1 Å². The van der Waals surface area contributed by atoms with E-state index in [0.29, 0.717) is 6.54 Å². The first-order chi connectivity index (χ1) is 10.0. The van der Waals surface area contributed by atoms with Crippen LogP contribution in [-0.4, -0.2) is 17.4 Å². The molecule has 0 fully saturated rings. The minimum Gasteiger partial charge on any atom is -0.368 e. The molecule has 0 saturated carbocycles. The fraction of sp³-hybridized carbons (Fsp3) is 0.143. The molecular weight excluding hydrogens is 300 g/mol. The molecule has 1 amide bonds. The lowest BCUT2D eigenvalue weighted by Crippen LogP contribution is -2.16. The Morgan fingerprint density at radius 3 is 2.81 bits per heavy atom. The van der Waals surface area contributed by atoms with Crippen LogP contribution < -0.4 is 10.6 Å². The van der Waals surface area contributed by atoms with Crippen molar-refractivity contribution in [2.45, 2.75) is 6.92 Å². The lowest BCUT2D eigenvalue weighted by Gasteiger charge is -2.10. The maximum absolute atomic E-state index is 14.1. The second kappa shape index (κ2) is 6.49. The summed E-state index contributed by atoms with van der Waals surface area (Å²) >= 11 is 5.73. The maximum atomic E-state index is 14.1. The number of halogens is 3. The van der Waals surface area contributed by atoms with Crippen molar-refractivity contribution in [1.82, 2.24) is 4.98 Å². The van der Waals surface area contributed by atoms with Crippen molar-refractivity contribution in [2.24, 2.45) is 0 Å². The molecule has 2 N–H and O–H groups in total. The SMILES string of the molecule is CCNc1nccc(C(=O)Nc2cc(Cl)ccc2F)c1F. The molecular formula is C14H12ClF2N3O. The number of benzene rings is 1. The molecule has 7 heteroatoms. The lowest BCUT2D eigenvalue weighted by atomic mass is 10.2. The van der Waals surface area contributed by atoms with E-state index in [1.165, 1.54) is 24.4 Å². The number of anilines is 2. The summed E-state index contributed by atoms with van der Waals surface area (Å²) in [6, 6.07) is 4.93. The summed E-state index contributed by atoms with van der Waals surface area (Å²) in [5, 5.41) is 5.24. The number of amides is 1. The van der Waals surface area contributed by atoms with Crippen LogP contribution >= 0.6 is 11.6 Å². The van der Waals surface area contributed by atoms with Crippen molar-refractivity contribution in [3.63, 3.8) is 0 Å². The predicted molar refractivity (Wildman–Crippen MR) is 77.7 cm³/mol. The van der Waals surface area contributed by atoms with E-state index in [0.717, 1.165) is 6.07 Å². The van der Waals surface area contributed by atoms with Crippen LogP contribution in [0.2, 0.25) is 5.02 Å². The summed E-state index contributed by atoms with van der Waals surface area (Å²) in [6.45, 7) is 2.23. The van der Waals surface area contributed by atoms with Gasteiger partial charge in [-0.05, 0) is 31.2 Å². The van der Waals surface area contributed by atoms with Crippen molar-refractivity contribution >= 4 is 29.0 Å². The second-order valence-electron chi connectivity index (χ2n) is 4.13. The number of carbonyl (C=O) groups excluding carboxylic acids is 1. The molecule has 0 aliphatic rings. The average Bonchev–Trinajstić information content (AvgIpc) is 2.45. The first-order valence-electron chi connectivity index (χ1n) is 6.17. The number of pyridine rings is 1. The van der Waals surface area contributed by atoms with Crippen LogP contribution in [0.1, 0.15) is 17.3 Å². The summed E-state index contributed by atoms with van der Waals surface area (Å²) in [7, 11) is 0. The Bertz CT molecular complexity index is 679. The van der Waals surface area contributed by atoms with E-state index in [1.54, 1.807) is 6.92 Å². The molecule has 0 aliphatic carbocycles. The normalized spacial score (nSPS) is 10.3. The van der Waals surface area contributed by atoms with Gasteiger partial charge in [-0.15, -0.1) is 0 Å². The minimum atomic E-state index is -0.792. The van der Waals surface area contributed by atoms with Crippen LogP contribution in [0.5, 0.6) is 0 Å².